The van der Waals surface area contributed by atoms with Gasteiger partial charge in [0.2, 0.25) is 0 Å². The van der Waals surface area contributed by atoms with Gasteiger partial charge in [-0.25, -0.2) is 4.79 Å². The van der Waals surface area contributed by atoms with E-state index >= 15 is 0 Å². The Kier molecular flexibility index (Phi) is 32.7. The van der Waals surface area contributed by atoms with Crippen LogP contribution in [0.4, 0.5) is 137 Å². The Morgan fingerprint density at radius 3 is 0.879 bits per heavy atom. The van der Waals surface area contributed by atoms with Crippen molar-refractivity contribution in [2.75, 3.05) is 19.8 Å². The molecule has 18 bridgehead atoms. The molecule has 0 aromatic heterocycles. The summed E-state index contributed by atoms with van der Waals surface area (Å²) in [6.07, 6.45) is -51.1. The van der Waals surface area contributed by atoms with Gasteiger partial charge in [0.05, 0.1) is 0 Å². The summed E-state index contributed by atoms with van der Waals surface area (Å²) in [7, 11) is 0. The molecule has 19 saturated carbocycles. The molecule has 1 aliphatic heterocycles. The van der Waals surface area contributed by atoms with E-state index in [0.717, 1.165) is 84.0 Å². The highest BCUT2D eigenvalue weighted by Gasteiger charge is 2.83. The number of hydrogen-bond donors (Lipinski definition) is 1. The Labute approximate surface area is 855 Å². The predicted molar refractivity (Wildman–Crippen MR) is 486 cm³/mol. The van der Waals surface area contributed by atoms with Gasteiger partial charge in [0.1, 0.15) is 5.60 Å². The number of hydrogen-bond acceptors (Lipinski definition) is 10. The van der Waals surface area contributed by atoms with Crippen molar-refractivity contribution in [3.8, 4) is 0 Å². The Morgan fingerprint density at radius 1 is 0.302 bits per heavy atom. The van der Waals surface area contributed by atoms with E-state index in [1.54, 1.807) is 0 Å². The summed E-state index contributed by atoms with van der Waals surface area (Å²) in [5.74, 6) is 9.79. The Bertz CT molecular complexity index is 4430. The van der Waals surface area contributed by atoms with E-state index in [0.29, 0.717) is 182 Å². The molecule has 1 heterocycles. The first-order valence-corrected chi connectivity index (χ1v) is 55.6. The number of carbonyl (C=O) groups is 1. The van der Waals surface area contributed by atoms with Crippen LogP contribution in [-0.4, -0.2) is 145 Å². The van der Waals surface area contributed by atoms with E-state index in [9.17, 15) is 142 Å². The first-order valence-electron chi connectivity index (χ1n) is 55.6. The SMILES string of the molecule is CC(OCCC1CCCCC1)OC(CC1CC2CC1C1C3CC(C(C)C3C)C21)(C(F)(F)F)C(F)(F)F.CC1C(C)C2CC1C1C3CC(CC(O)(C(F)(F)F)C(F)(F)F)C(C3)C21.CC1C(C)C2CC1C1C3CC(CC(OC4CCCCO4)(C(F)(F)F)C(F)(F)F)C(C3)C21.CC1C2CC(CC(OC(=O)OC(C)(C)C)(C(F)(F)F)C(F)(F)F)C(C2)C1C.CCOC(C)OC(CC1CC2CC1C1C3CC(C(C)C3C)C21)(C(F)(F)F)C(F)(F)F. The monoisotopic (exact) mass is 2200 g/mol. The summed E-state index contributed by atoms with van der Waals surface area (Å²) in [4.78, 5) is 11.8. The van der Waals surface area contributed by atoms with Gasteiger partial charge in [-0.05, 0) is 431 Å². The van der Waals surface area contributed by atoms with Gasteiger partial charge in [-0.3, -0.25) is 0 Å². The minimum atomic E-state index is -5.81. The highest BCUT2D eigenvalue weighted by Crippen LogP contribution is 2.79. The summed E-state index contributed by atoms with van der Waals surface area (Å²) in [6, 6.07) is 0. The number of fused-ring (bicyclic) bond motifs is 38. The molecule has 1 N–H and O–H groups in total. The molecule has 0 aromatic rings. The first kappa shape index (κ1) is 118. The van der Waals surface area contributed by atoms with Gasteiger partial charge < -0.3 is 43.0 Å². The van der Waals surface area contributed by atoms with E-state index in [1.807, 2.05) is 13.8 Å². The Balaban J connectivity index is 0.000000133. The van der Waals surface area contributed by atoms with Gasteiger partial charge in [0, 0.05) is 26.2 Å². The zero-order valence-electron chi connectivity index (χ0n) is 87.9. The molecule has 149 heavy (non-hydrogen) atoms. The van der Waals surface area contributed by atoms with Crippen molar-refractivity contribution >= 4 is 6.16 Å². The number of ether oxygens (including phenoxy) is 8. The molecule has 44 unspecified atom stereocenters. The van der Waals surface area contributed by atoms with Gasteiger partial charge >= 0.3 is 73.5 Å². The zero-order valence-corrected chi connectivity index (χ0v) is 87.9. The third-order valence-electron chi connectivity index (χ3n) is 45.2. The first-order chi connectivity index (χ1) is 68.5. The van der Waals surface area contributed by atoms with Crippen molar-refractivity contribution in [3.63, 3.8) is 0 Å². The maximum atomic E-state index is 14.4. The topological polar surface area (TPSA) is 111 Å². The minimum absolute atomic E-state index is 0.0238. The third kappa shape index (κ3) is 20.7. The van der Waals surface area contributed by atoms with E-state index in [4.69, 9.17) is 28.4 Å². The van der Waals surface area contributed by atoms with Crippen LogP contribution in [0.3, 0.4) is 0 Å². The van der Waals surface area contributed by atoms with Crippen molar-refractivity contribution in [2.24, 2.45) is 249 Å². The van der Waals surface area contributed by atoms with Gasteiger partial charge in [0.25, 0.3) is 22.4 Å². The maximum absolute atomic E-state index is 14.4. The lowest BCUT2D eigenvalue weighted by Crippen LogP contribution is -2.62. The summed E-state index contributed by atoms with van der Waals surface area (Å²) < 4.78 is 454. The summed E-state index contributed by atoms with van der Waals surface area (Å²) >= 11 is 0. The van der Waals surface area contributed by atoms with Crippen LogP contribution in [0.25, 0.3) is 0 Å². The highest BCUT2D eigenvalue weighted by atomic mass is 19.5. The second-order valence-electron chi connectivity index (χ2n) is 52.4. The van der Waals surface area contributed by atoms with Crippen LogP contribution in [0.15, 0.2) is 0 Å². The van der Waals surface area contributed by atoms with Crippen LogP contribution in [0, 0.1) is 249 Å². The third-order valence-corrected chi connectivity index (χ3v) is 45.2. The molecule has 0 aromatic carbocycles. The van der Waals surface area contributed by atoms with Crippen LogP contribution in [0.1, 0.15) is 291 Å². The fourth-order valence-electron chi connectivity index (χ4n) is 38.4. The van der Waals surface area contributed by atoms with Crippen LogP contribution in [-0.2, 0) is 37.9 Å². The number of halogens is 30. The van der Waals surface area contributed by atoms with E-state index in [2.05, 4.69) is 64.9 Å². The van der Waals surface area contributed by atoms with Crippen LogP contribution >= 0.6 is 0 Å². The molecule has 19 aliphatic carbocycles. The van der Waals surface area contributed by atoms with Crippen molar-refractivity contribution < 1.29 is 180 Å². The molecule has 20 aliphatic rings. The molecule has 44 atom stereocenters. The second kappa shape index (κ2) is 41.2. The van der Waals surface area contributed by atoms with Crippen molar-refractivity contribution in [3.05, 3.63) is 0 Å². The van der Waals surface area contributed by atoms with Crippen LogP contribution in [0.2, 0.25) is 0 Å². The quantitative estimate of drug-likeness (QED) is 0.0459. The van der Waals surface area contributed by atoms with E-state index in [-0.39, 0.29) is 121 Å². The number of alkyl halides is 30. The number of carbonyl (C=O) groups excluding carboxylic acids is 1. The fourth-order valence-corrected chi connectivity index (χ4v) is 38.4. The van der Waals surface area contributed by atoms with Crippen molar-refractivity contribution in [2.45, 2.75) is 405 Å². The van der Waals surface area contributed by atoms with Crippen molar-refractivity contribution in [1.82, 2.24) is 0 Å². The smallest absolute Gasteiger partial charge is 0.429 e. The molecular weight excluding hydrogens is 2040 g/mol. The minimum Gasteiger partial charge on any atom is -0.429 e. The molecule has 0 amide bonds. The van der Waals surface area contributed by atoms with Crippen molar-refractivity contribution in [1.29, 1.82) is 0 Å². The predicted octanol–water partition coefficient (Wildman–Crippen LogP) is 32.6. The largest absolute Gasteiger partial charge is 0.510 e. The normalized spacial score (nSPS) is 42.8. The fraction of sp³-hybridized carbons (Fsp3) is 0.991. The standard InChI is InChI=1S/C28H42F6O2.C23H32F6O2.C22H32F6O2.C18H26F6O3.C18H24F6O/c1-15-16(2)22-13-21(15)24-19-11-20(23(12-19)25(22)24)14-26(27(29,30)31,28(32,33)34)36-17(3)35-10-9-18-7-5-4-6-8-18;1-11-12(2)16-9-15(11)19-13-7-14(17(8-13)20(16)19)10-21(22(24,25)26,23(27,28)29)31-18-5-3-4-6-30-18;1-5-29-12(4)30-20(21(23,24)25,22(26,27)28)9-14-6-13-7-17(14)19-16-8-15(18(13)19)10(2)11(16)3;1-9-10(2)13-7-11(9)6-12(13)8-16(17(19,20)21,18(22,23)24)27-14(25)26-15(3,4)5;1-7-8(2)12-5-11(7)14-9-3-10(13(4-9)15(12)14)6-16(25,17(19,20)21)18(22,23)24/h15-25H,4-14H2,1-3H3;11-20H,3-10H2,1-2H3;10-19H,5-9H2,1-4H3;9-13H,6-8H2,1-5H3;7-15,25H,3-6H2,1-2H3. The summed E-state index contributed by atoms with van der Waals surface area (Å²) in [6.45, 7) is 29.7. The number of aliphatic hydroxyl groups is 1. The second-order valence-corrected chi connectivity index (χ2v) is 52.4. The zero-order chi connectivity index (χ0) is 110. The Hall–Kier alpha value is -3.11. The average Bonchev–Trinajstić information content (AvgIpc) is 1.54. The molecule has 10 nitrogen and oxygen atoms in total. The molecule has 40 heteroatoms. The lowest BCUT2D eigenvalue weighted by atomic mass is 9.61. The Morgan fingerprint density at radius 2 is 0.584 bits per heavy atom. The van der Waals surface area contributed by atoms with Gasteiger partial charge in [-0.15, -0.1) is 0 Å². The molecule has 20 fully saturated rings. The van der Waals surface area contributed by atoms with Crippen LogP contribution in [0.5, 0.6) is 0 Å². The van der Waals surface area contributed by atoms with Crippen LogP contribution < -0.4 is 0 Å². The molecule has 20 rings (SSSR count). The number of rotatable bonds is 23. The molecule has 862 valence electrons. The van der Waals surface area contributed by atoms with Gasteiger partial charge in [0.15, 0.2) is 18.9 Å². The maximum Gasteiger partial charge on any atom is 0.510 e. The van der Waals surface area contributed by atoms with E-state index < -0.39 is 182 Å². The van der Waals surface area contributed by atoms with Gasteiger partial charge in [-0.1, -0.05) is 101 Å². The average molecular weight is 2200 g/mol. The molecule has 0 spiro atoms. The van der Waals surface area contributed by atoms with Gasteiger partial charge in [-0.2, -0.15) is 132 Å². The molecular formula is C109H156F30O10. The lowest BCUT2D eigenvalue weighted by molar-refractivity contribution is -0.416. The highest BCUT2D eigenvalue weighted by molar-refractivity contribution is 5.61. The molecule has 0 radical (unpaired) electrons. The van der Waals surface area contributed by atoms with E-state index in [1.165, 1.54) is 41.0 Å². The molecule has 1 saturated heterocycles. The summed E-state index contributed by atoms with van der Waals surface area (Å²) in [5.41, 5.74) is -23.0. The lowest BCUT2D eigenvalue weighted by Gasteiger charge is -2.47. The summed E-state index contributed by atoms with van der Waals surface area (Å²) in [5, 5.41) is 9.59.